The van der Waals surface area contributed by atoms with Gasteiger partial charge in [-0.3, -0.25) is 4.79 Å². The van der Waals surface area contributed by atoms with Crippen LogP contribution in [0.2, 0.25) is 0 Å². The number of Topliss-reactive ketones (excluding diaryl/α,β-unsaturated/α-hetero) is 1. The van der Waals surface area contributed by atoms with E-state index in [1.54, 1.807) is 12.1 Å². The number of hydrogen-bond acceptors (Lipinski definition) is 5. The number of unbranched alkanes of at least 4 members (excludes halogenated alkanes) is 1. The predicted molar refractivity (Wildman–Crippen MR) is 122 cm³/mol. The molecule has 1 aliphatic rings. The van der Waals surface area contributed by atoms with Crippen LogP contribution in [0.25, 0.3) is 0 Å². The van der Waals surface area contributed by atoms with Crippen molar-refractivity contribution in [1.29, 1.82) is 0 Å². The zero-order valence-corrected chi connectivity index (χ0v) is 19.1. The van der Waals surface area contributed by atoms with E-state index in [2.05, 4.69) is 0 Å². The minimum Gasteiger partial charge on any atom is -0.507 e. The second kappa shape index (κ2) is 10.5. The Kier molecular flexibility index (Phi) is 7.78. The third kappa shape index (κ3) is 5.06. The van der Waals surface area contributed by atoms with Crippen LogP contribution in [0.1, 0.15) is 83.7 Å². The first kappa shape index (κ1) is 23.6. The summed E-state index contributed by atoms with van der Waals surface area (Å²) in [5, 5.41) is 20.9. The molecule has 0 atom stereocenters. The number of aryl methyl sites for hydroxylation is 1. The summed E-state index contributed by atoms with van der Waals surface area (Å²) in [5.74, 6) is -1.11. The van der Waals surface area contributed by atoms with E-state index in [1.165, 1.54) is 6.92 Å². The van der Waals surface area contributed by atoms with Gasteiger partial charge in [-0.05, 0) is 37.8 Å². The Morgan fingerprint density at radius 3 is 2.38 bits per heavy atom. The monoisotopic (exact) mass is 440 g/mol. The molecule has 32 heavy (non-hydrogen) atoms. The smallest absolute Gasteiger partial charge is 0.340 e. The van der Waals surface area contributed by atoms with E-state index in [0.29, 0.717) is 12.2 Å². The SMILES string of the molecule is CCCCOc1c(Oc2ccccc2C)c(C(=O)O)c(C)c(O)c1C(=O)CC1CCCC1. The zero-order chi connectivity index (χ0) is 23.3. The van der Waals surface area contributed by atoms with E-state index in [0.717, 1.165) is 44.1 Å². The fraction of sp³-hybridized carbons (Fsp3) is 0.462. The lowest BCUT2D eigenvalue weighted by atomic mass is 9.92. The van der Waals surface area contributed by atoms with Crippen LogP contribution in [0.4, 0.5) is 0 Å². The molecule has 6 heteroatoms. The molecule has 2 aromatic carbocycles. The number of aromatic carboxylic acids is 1. The van der Waals surface area contributed by atoms with Gasteiger partial charge < -0.3 is 19.7 Å². The molecule has 3 rings (SSSR count). The fourth-order valence-corrected chi connectivity index (χ4v) is 4.24. The van der Waals surface area contributed by atoms with E-state index < -0.39 is 5.97 Å². The summed E-state index contributed by atoms with van der Waals surface area (Å²) in [6, 6.07) is 7.24. The first-order valence-corrected chi connectivity index (χ1v) is 11.4. The van der Waals surface area contributed by atoms with Gasteiger partial charge >= 0.3 is 5.97 Å². The number of para-hydroxylation sites is 1. The summed E-state index contributed by atoms with van der Waals surface area (Å²) in [7, 11) is 0. The van der Waals surface area contributed by atoms with Gasteiger partial charge in [-0.1, -0.05) is 57.2 Å². The Morgan fingerprint density at radius 2 is 1.75 bits per heavy atom. The number of ketones is 1. The molecule has 0 radical (unpaired) electrons. The van der Waals surface area contributed by atoms with Gasteiger partial charge in [0.1, 0.15) is 22.6 Å². The number of ether oxygens (including phenoxy) is 2. The lowest BCUT2D eigenvalue weighted by molar-refractivity contribution is 0.0690. The third-order valence-corrected chi connectivity index (χ3v) is 6.12. The number of carboxylic acid groups (broad SMARTS) is 1. The van der Waals surface area contributed by atoms with E-state index in [4.69, 9.17) is 9.47 Å². The average Bonchev–Trinajstić information content (AvgIpc) is 3.25. The van der Waals surface area contributed by atoms with Crippen molar-refractivity contribution < 1.29 is 29.3 Å². The van der Waals surface area contributed by atoms with E-state index >= 15 is 0 Å². The van der Waals surface area contributed by atoms with Crippen LogP contribution < -0.4 is 9.47 Å². The van der Waals surface area contributed by atoms with Gasteiger partial charge in [-0.15, -0.1) is 0 Å². The Balaban J connectivity index is 2.17. The highest BCUT2D eigenvalue weighted by atomic mass is 16.5. The number of carbonyl (C=O) groups excluding carboxylic acids is 1. The van der Waals surface area contributed by atoms with Crippen molar-refractivity contribution >= 4 is 11.8 Å². The van der Waals surface area contributed by atoms with Gasteiger partial charge in [0.05, 0.1) is 6.61 Å². The first-order chi connectivity index (χ1) is 15.3. The molecule has 0 aromatic heterocycles. The van der Waals surface area contributed by atoms with Crippen molar-refractivity contribution in [3.05, 3.63) is 46.5 Å². The Labute approximate surface area is 189 Å². The molecule has 0 spiro atoms. The molecule has 172 valence electrons. The van der Waals surface area contributed by atoms with Gasteiger partial charge in [0, 0.05) is 12.0 Å². The van der Waals surface area contributed by atoms with Crippen molar-refractivity contribution in [3.8, 4) is 23.0 Å². The number of carboxylic acids is 1. The van der Waals surface area contributed by atoms with Crippen LogP contribution >= 0.6 is 0 Å². The van der Waals surface area contributed by atoms with Gasteiger partial charge in [-0.2, -0.15) is 0 Å². The molecular weight excluding hydrogens is 408 g/mol. The Hall–Kier alpha value is -3.02. The minimum absolute atomic E-state index is 0.0187. The quantitative estimate of drug-likeness (QED) is 0.326. The van der Waals surface area contributed by atoms with Crippen LogP contribution in [0.15, 0.2) is 24.3 Å². The summed E-state index contributed by atoms with van der Waals surface area (Å²) in [5.41, 5.74) is 0.736. The van der Waals surface area contributed by atoms with Crippen molar-refractivity contribution in [3.63, 3.8) is 0 Å². The van der Waals surface area contributed by atoms with Crippen LogP contribution in [-0.4, -0.2) is 28.6 Å². The molecule has 2 N–H and O–H groups in total. The molecule has 1 aliphatic carbocycles. The van der Waals surface area contributed by atoms with Crippen LogP contribution in [-0.2, 0) is 0 Å². The number of aromatic hydroxyl groups is 1. The second-order valence-electron chi connectivity index (χ2n) is 8.53. The molecular formula is C26H32O6. The molecule has 2 aromatic rings. The maximum Gasteiger partial charge on any atom is 0.340 e. The summed E-state index contributed by atoms with van der Waals surface area (Å²) < 4.78 is 12.1. The topological polar surface area (TPSA) is 93.1 Å². The maximum atomic E-state index is 13.3. The standard InChI is InChI=1S/C26H32O6/c1-4-5-14-31-24-22(19(27)15-18-11-7-8-12-18)23(28)17(3)21(26(29)30)25(24)32-20-13-9-6-10-16(20)2/h6,9-10,13,18,28H,4-5,7-8,11-12,14-15H2,1-3H3,(H,29,30). The number of benzene rings is 2. The zero-order valence-electron chi connectivity index (χ0n) is 19.1. The molecule has 0 aliphatic heterocycles. The number of phenolic OH excluding ortho intramolecular Hbond substituents is 1. The number of carbonyl (C=O) groups is 2. The normalized spacial score (nSPS) is 13.8. The Bertz CT molecular complexity index is 988. The Morgan fingerprint density at radius 1 is 1.06 bits per heavy atom. The average molecular weight is 441 g/mol. The first-order valence-electron chi connectivity index (χ1n) is 11.4. The van der Waals surface area contributed by atoms with Crippen molar-refractivity contribution in [1.82, 2.24) is 0 Å². The van der Waals surface area contributed by atoms with Gasteiger partial charge in [-0.25, -0.2) is 4.79 Å². The molecule has 0 amide bonds. The minimum atomic E-state index is -1.25. The lowest BCUT2D eigenvalue weighted by Gasteiger charge is -2.22. The predicted octanol–water partition coefficient (Wildman–Crippen LogP) is 6.44. The largest absolute Gasteiger partial charge is 0.507 e. The summed E-state index contributed by atoms with van der Waals surface area (Å²) in [6.07, 6.45) is 6.05. The summed E-state index contributed by atoms with van der Waals surface area (Å²) >= 11 is 0. The van der Waals surface area contributed by atoms with E-state index in [9.17, 15) is 19.8 Å². The van der Waals surface area contributed by atoms with Gasteiger partial charge in [0.25, 0.3) is 0 Å². The summed E-state index contributed by atoms with van der Waals surface area (Å²) in [4.78, 5) is 25.5. The molecule has 0 bridgehead atoms. The number of hydrogen-bond donors (Lipinski definition) is 2. The highest BCUT2D eigenvalue weighted by Crippen LogP contribution is 2.47. The highest BCUT2D eigenvalue weighted by molar-refractivity contribution is 6.06. The van der Waals surface area contributed by atoms with Crippen LogP contribution in [0.3, 0.4) is 0 Å². The molecule has 1 fully saturated rings. The molecule has 6 nitrogen and oxygen atoms in total. The number of rotatable bonds is 10. The van der Waals surface area contributed by atoms with E-state index in [1.807, 2.05) is 26.0 Å². The lowest BCUT2D eigenvalue weighted by Crippen LogP contribution is -2.14. The molecule has 0 heterocycles. The van der Waals surface area contributed by atoms with Gasteiger partial charge in [0.15, 0.2) is 17.3 Å². The third-order valence-electron chi connectivity index (χ3n) is 6.12. The van der Waals surface area contributed by atoms with Crippen LogP contribution in [0.5, 0.6) is 23.0 Å². The summed E-state index contributed by atoms with van der Waals surface area (Å²) in [6.45, 7) is 5.64. The van der Waals surface area contributed by atoms with Crippen LogP contribution in [0, 0.1) is 19.8 Å². The fourth-order valence-electron chi connectivity index (χ4n) is 4.24. The van der Waals surface area contributed by atoms with E-state index in [-0.39, 0.29) is 52.2 Å². The molecule has 0 unspecified atom stereocenters. The maximum absolute atomic E-state index is 13.3. The highest BCUT2D eigenvalue weighted by Gasteiger charge is 2.33. The molecule has 1 saturated carbocycles. The van der Waals surface area contributed by atoms with Gasteiger partial charge in [0.2, 0.25) is 0 Å². The number of phenols is 1. The van der Waals surface area contributed by atoms with Crippen molar-refractivity contribution in [2.24, 2.45) is 5.92 Å². The van der Waals surface area contributed by atoms with Crippen molar-refractivity contribution in [2.75, 3.05) is 6.61 Å². The molecule has 0 saturated heterocycles. The van der Waals surface area contributed by atoms with Crippen molar-refractivity contribution in [2.45, 2.75) is 65.7 Å². The second-order valence-corrected chi connectivity index (χ2v) is 8.53.